The number of hydrogen-bond acceptors (Lipinski definition) is 7. The van der Waals surface area contributed by atoms with Crippen LogP contribution in [0.5, 0.6) is 0 Å². The van der Waals surface area contributed by atoms with Gasteiger partial charge in [0.1, 0.15) is 6.61 Å². The van der Waals surface area contributed by atoms with Crippen molar-refractivity contribution in [1.82, 2.24) is 0 Å². The maximum Gasteiger partial charge on any atom is 0.472 e. The summed E-state index contributed by atoms with van der Waals surface area (Å²) < 4.78 is 31.9. The minimum absolute atomic E-state index is 0.190. The molecule has 306 valence electrons. The quantitative estimate of drug-likeness (QED) is 0.0286. The summed E-state index contributed by atoms with van der Waals surface area (Å²) in [6, 6.07) is 0. The summed E-state index contributed by atoms with van der Waals surface area (Å²) >= 11 is 0. The van der Waals surface area contributed by atoms with Gasteiger partial charge in [-0.2, -0.15) is 0 Å². The first kappa shape index (κ1) is 50.8. The highest BCUT2D eigenvalue weighted by atomic mass is 31.2. The molecule has 0 rings (SSSR count). The van der Waals surface area contributed by atoms with Gasteiger partial charge >= 0.3 is 19.8 Å². The Balaban J connectivity index is 4.05. The van der Waals surface area contributed by atoms with Crippen molar-refractivity contribution in [3.05, 3.63) is 60.8 Å². The van der Waals surface area contributed by atoms with E-state index in [1.807, 2.05) is 0 Å². The molecule has 0 spiro atoms. The maximum atomic E-state index is 12.5. The first-order valence-electron chi connectivity index (χ1n) is 21.0. The lowest BCUT2D eigenvalue weighted by atomic mass is 10.1. The Kier molecular flexibility index (Phi) is 37.8. The second-order valence-corrected chi connectivity index (χ2v) is 15.3. The fourth-order valence-electron chi connectivity index (χ4n) is 5.53. The Bertz CT molecular complexity index is 1050. The van der Waals surface area contributed by atoms with E-state index in [1.165, 1.54) is 89.9 Å². The normalized spacial score (nSPS) is 14.0. The SMILES string of the molecule is CC/C=C\C/C=C\C/C=C\C/C=C\CCCCC(=O)OC(COC(=O)CCCCCCCCCCC/C=C\CCCCCCCC)COP(=O)(O)OC. The smallest absolute Gasteiger partial charge is 0.462 e. The van der Waals surface area contributed by atoms with Gasteiger partial charge in [0, 0.05) is 20.0 Å². The van der Waals surface area contributed by atoms with Crippen LogP contribution < -0.4 is 0 Å². The highest BCUT2D eigenvalue weighted by Crippen LogP contribution is 2.42. The molecule has 0 amide bonds. The van der Waals surface area contributed by atoms with E-state index in [1.54, 1.807) is 0 Å². The number of allylic oxidation sites excluding steroid dienone is 10. The number of hydrogen-bond donors (Lipinski definition) is 1. The van der Waals surface area contributed by atoms with Crippen molar-refractivity contribution in [2.24, 2.45) is 0 Å². The molecule has 0 fully saturated rings. The minimum atomic E-state index is -4.27. The van der Waals surface area contributed by atoms with Crippen molar-refractivity contribution in [2.45, 2.75) is 187 Å². The maximum absolute atomic E-state index is 12.5. The van der Waals surface area contributed by atoms with Crippen molar-refractivity contribution in [2.75, 3.05) is 20.3 Å². The third kappa shape index (κ3) is 39.3. The molecule has 0 heterocycles. The summed E-state index contributed by atoms with van der Waals surface area (Å²) in [5.74, 6) is -0.857. The molecule has 2 atom stereocenters. The van der Waals surface area contributed by atoms with Crippen LogP contribution in [-0.4, -0.2) is 43.3 Å². The molecule has 8 nitrogen and oxygen atoms in total. The van der Waals surface area contributed by atoms with Crippen molar-refractivity contribution >= 4 is 19.8 Å². The van der Waals surface area contributed by atoms with Gasteiger partial charge in [-0.05, 0) is 77.0 Å². The summed E-state index contributed by atoms with van der Waals surface area (Å²) in [6.07, 6.45) is 48.5. The zero-order valence-electron chi connectivity index (χ0n) is 33.9. The van der Waals surface area contributed by atoms with E-state index >= 15 is 0 Å². The largest absolute Gasteiger partial charge is 0.472 e. The van der Waals surface area contributed by atoms with Gasteiger partial charge in [-0.25, -0.2) is 4.57 Å². The van der Waals surface area contributed by atoms with Crippen molar-refractivity contribution in [3.63, 3.8) is 0 Å². The highest BCUT2D eigenvalue weighted by molar-refractivity contribution is 7.47. The lowest BCUT2D eigenvalue weighted by Crippen LogP contribution is -2.29. The molecule has 0 radical (unpaired) electrons. The molecule has 0 aliphatic heterocycles. The van der Waals surface area contributed by atoms with Crippen LogP contribution in [0.4, 0.5) is 0 Å². The van der Waals surface area contributed by atoms with Crippen LogP contribution in [0.2, 0.25) is 0 Å². The van der Waals surface area contributed by atoms with Crippen LogP contribution >= 0.6 is 7.82 Å². The molecular formula is C44H77O8P. The van der Waals surface area contributed by atoms with E-state index in [0.29, 0.717) is 6.42 Å². The zero-order chi connectivity index (χ0) is 38.9. The lowest BCUT2D eigenvalue weighted by Gasteiger charge is -2.19. The summed E-state index contributed by atoms with van der Waals surface area (Å²) in [5, 5.41) is 0. The number of rotatable bonds is 38. The molecule has 0 saturated carbocycles. The Hall–Kier alpha value is -2.25. The number of phosphoric ester groups is 1. The minimum Gasteiger partial charge on any atom is -0.462 e. The highest BCUT2D eigenvalue weighted by Gasteiger charge is 2.24. The van der Waals surface area contributed by atoms with Gasteiger partial charge in [0.25, 0.3) is 0 Å². The first-order chi connectivity index (χ1) is 25.8. The molecule has 2 unspecified atom stereocenters. The number of carbonyl (C=O) groups is 2. The van der Waals surface area contributed by atoms with E-state index in [9.17, 15) is 19.0 Å². The van der Waals surface area contributed by atoms with Gasteiger partial charge < -0.3 is 14.4 Å². The Morgan fingerprint density at radius 1 is 0.547 bits per heavy atom. The monoisotopic (exact) mass is 765 g/mol. The van der Waals surface area contributed by atoms with Crippen molar-refractivity contribution < 1.29 is 37.6 Å². The first-order valence-corrected chi connectivity index (χ1v) is 22.5. The molecule has 9 heteroatoms. The molecule has 1 N–H and O–H groups in total. The number of unbranched alkanes of at least 4 members (excludes halogenated alkanes) is 17. The second kappa shape index (κ2) is 39.4. The van der Waals surface area contributed by atoms with Gasteiger partial charge in [-0.15, -0.1) is 0 Å². The Morgan fingerprint density at radius 2 is 0.962 bits per heavy atom. The van der Waals surface area contributed by atoms with Crippen LogP contribution in [0.1, 0.15) is 181 Å². The molecule has 0 aliphatic rings. The zero-order valence-corrected chi connectivity index (χ0v) is 34.8. The molecule has 0 aliphatic carbocycles. The molecule has 0 aromatic carbocycles. The van der Waals surface area contributed by atoms with Gasteiger partial charge in [0.05, 0.1) is 6.61 Å². The molecular weight excluding hydrogens is 687 g/mol. The second-order valence-electron chi connectivity index (χ2n) is 13.7. The summed E-state index contributed by atoms with van der Waals surface area (Å²) in [5.41, 5.74) is 0. The fraction of sp³-hybridized carbons (Fsp3) is 0.727. The average molecular weight is 765 g/mol. The van der Waals surface area contributed by atoms with E-state index in [-0.39, 0.29) is 25.4 Å². The van der Waals surface area contributed by atoms with Gasteiger partial charge in [-0.3, -0.25) is 18.6 Å². The van der Waals surface area contributed by atoms with Crippen LogP contribution in [0.15, 0.2) is 60.8 Å². The van der Waals surface area contributed by atoms with Crippen LogP contribution in [0.25, 0.3) is 0 Å². The summed E-state index contributed by atoms with van der Waals surface area (Å²) in [4.78, 5) is 34.4. The summed E-state index contributed by atoms with van der Waals surface area (Å²) in [6.45, 7) is 3.73. The third-order valence-corrected chi connectivity index (χ3v) is 9.68. The average Bonchev–Trinajstić information content (AvgIpc) is 3.15. The molecule has 0 saturated heterocycles. The third-order valence-electron chi connectivity index (χ3n) is 8.75. The van der Waals surface area contributed by atoms with Gasteiger partial charge in [0.2, 0.25) is 0 Å². The molecule has 0 aromatic heterocycles. The predicted octanol–water partition coefficient (Wildman–Crippen LogP) is 13.2. The fourth-order valence-corrected chi connectivity index (χ4v) is 5.99. The molecule has 53 heavy (non-hydrogen) atoms. The van der Waals surface area contributed by atoms with Crippen LogP contribution in [0.3, 0.4) is 0 Å². The van der Waals surface area contributed by atoms with E-state index in [4.69, 9.17) is 14.0 Å². The van der Waals surface area contributed by atoms with E-state index < -0.39 is 26.5 Å². The van der Waals surface area contributed by atoms with Crippen LogP contribution in [-0.2, 0) is 32.7 Å². The standard InChI is InChI=1S/C44H77O8P/c1-4-6-8-10-12-14-16-18-20-21-22-23-25-26-28-30-32-34-36-38-43(45)50-40-42(41-51-53(47,48)49-3)52-44(46)39-37-35-33-31-29-27-24-19-17-15-13-11-9-7-5-2/h7,9,13,15,18-20,24,29,31,42H,4-6,8,10-12,14,16-17,21-23,25-28,30,32-41H2,1-3H3,(H,47,48)/b9-7-,15-13-,20-18-,24-19-,31-29-. The number of carbonyl (C=O) groups excluding carboxylic acids is 2. The molecule has 0 bridgehead atoms. The topological polar surface area (TPSA) is 108 Å². The lowest BCUT2D eigenvalue weighted by molar-refractivity contribution is -0.161. The van der Waals surface area contributed by atoms with Crippen LogP contribution in [0, 0.1) is 0 Å². The van der Waals surface area contributed by atoms with Crippen molar-refractivity contribution in [1.29, 1.82) is 0 Å². The Labute approximate surface area is 324 Å². The van der Waals surface area contributed by atoms with Crippen molar-refractivity contribution in [3.8, 4) is 0 Å². The number of esters is 2. The summed E-state index contributed by atoms with van der Waals surface area (Å²) in [7, 11) is -3.22. The predicted molar refractivity (Wildman–Crippen MR) is 221 cm³/mol. The van der Waals surface area contributed by atoms with Gasteiger partial charge in [0.15, 0.2) is 6.10 Å². The van der Waals surface area contributed by atoms with E-state index in [0.717, 1.165) is 64.9 Å². The van der Waals surface area contributed by atoms with Gasteiger partial charge in [-0.1, -0.05) is 152 Å². The number of phosphoric acid groups is 1. The molecule has 0 aromatic rings. The number of ether oxygens (including phenoxy) is 2. The van der Waals surface area contributed by atoms with E-state index in [2.05, 4.69) is 79.1 Å². The Morgan fingerprint density at radius 3 is 1.49 bits per heavy atom.